The van der Waals surface area contributed by atoms with E-state index in [0.29, 0.717) is 11.3 Å². The summed E-state index contributed by atoms with van der Waals surface area (Å²) in [6, 6.07) is 3.87. The van der Waals surface area contributed by atoms with Crippen LogP contribution in [0.2, 0.25) is 0 Å². The third-order valence-electron chi connectivity index (χ3n) is 6.62. The first-order valence-corrected chi connectivity index (χ1v) is 12.3. The average molecular weight is 453 g/mol. The predicted octanol–water partition coefficient (Wildman–Crippen LogP) is 5.91. The Morgan fingerprint density at radius 1 is 1.16 bits per heavy atom. The Bertz CT molecular complexity index is 870. The first-order valence-electron chi connectivity index (χ1n) is 11.2. The second kappa shape index (κ2) is 9.14. The Morgan fingerprint density at radius 3 is 2.45 bits per heavy atom. The van der Waals surface area contributed by atoms with Gasteiger partial charge in [0.2, 0.25) is 0 Å². The van der Waals surface area contributed by atoms with Gasteiger partial charge in [0, 0.05) is 59.7 Å². The minimum atomic E-state index is -4.39. The van der Waals surface area contributed by atoms with Gasteiger partial charge in [0.05, 0.1) is 11.3 Å². The van der Waals surface area contributed by atoms with Crippen molar-refractivity contribution in [2.75, 3.05) is 24.6 Å². The molecular formula is C23H31F3N4S. The molecule has 2 aromatic rings. The highest BCUT2D eigenvalue weighted by Gasteiger charge is 2.45. The lowest BCUT2D eigenvalue weighted by Crippen LogP contribution is -2.40. The Morgan fingerprint density at radius 2 is 1.90 bits per heavy atom. The summed E-state index contributed by atoms with van der Waals surface area (Å²) in [5.74, 6) is 2.91. The summed E-state index contributed by atoms with van der Waals surface area (Å²) in [4.78, 5) is 6.41. The summed E-state index contributed by atoms with van der Waals surface area (Å²) in [5, 5.41) is 4.21. The lowest BCUT2D eigenvalue weighted by Gasteiger charge is -2.38. The number of halogens is 3. The molecule has 2 aliphatic heterocycles. The van der Waals surface area contributed by atoms with E-state index in [2.05, 4.69) is 26.7 Å². The Kier molecular flexibility index (Phi) is 6.68. The van der Waals surface area contributed by atoms with Crippen LogP contribution in [0.3, 0.4) is 0 Å². The number of hydrogen-bond acceptors (Lipinski definition) is 4. The fraction of sp³-hybridized carbons (Fsp3) is 0.652. The molecule has 0 unspecified atom stereocenters. The van der Waals surface area contributed by atoms with Crippen LogP contribution in [-0.2, 0) is 6.18 Å². The Balaban J connectivity index is 0.000000156. The lowest BCUT2D eigenvalue weighted by molar-refractivity contribution is -0.137. The van der Waals surface area contributed by atoms with Crippen molar-refractivity contribution >= 4 is 11.8 Å². The number of aromatic nitrogens is 3. The molecule has 170 valence electrons. The van der Waals surface area contributed by atoms with Crippen LogP contribution < -0.4 is 0 Å². The van der Waals surface area contributed by atoms with E-state index in [0.717, 1.165) is 23.7 Å². The highest BCUT2D eigenvalue weighted by Crippen LogP contribution is 2.46. The molecule has 2 aromatic heterocycles. The highest BCUT2D eigenvalue weighted by atomic mass is 32.2. The van der Waals surface area contributed by atoms with Gasteiger partial charge in [0.25, 0.3) is 0 Å². The molecule has 4 nitrogen and oxygen atoms in total. The second-order valence-electron chi connectivity index (χ2n) is 9.39. The predicted molar refractivity (Wildman–Crippen MR) is 119 cm³/mol. The van der Waals surface area contributed by atoms with E-state index in [4.69, 9.17) is 0 Å². The van der Waals surface area contributed by atoms with Crippen molar-refractivity contribution in [1.29, 1.82) is 0 Å². The number of likely N-dealkylation sites (tertiary alicyclic amines) is 1. The van der Waals surface area contributed by atoms with Crippen molar-refractivity contribution < 1.29 is 13.2 Å². The molecule has 2 saturated heterocycles. The molecule has 1 aliphatic carbocycles. The second-order valence-corrected chi connectivity index (χ2v) is 10.4. The average Bonchev–Trinajstić information content (AvgIpc) is 3.47. The van der Waals surface area contributed by atoms with E-state index in [9.17, 15) is 13.2 Å². The molecule has 4 heterocycles. The molecule has 31 heavy (non-hydrogen) atoms. The molecule has 0 aromatic carbocycles. The van der Waals surface area contributed by atoms with Crippen molar-refractivity contribution in [2.45, 2.75) is 64.2 Å². The zero-order valence-electron chi connectivity index (χ0n) is 18.2. The van der Waals surface area contributed by atoms with Gasteiger partial charge in [0.1, 0.15) is 0 Å². The number of alkyl halides is 3. The summed E-state index contributed by atoms with van der Waals surface area (Å²) in [6.07, 6.45) is 6.99. The van der Waals surface area contributed by atoms with Crippen molar-refractivity contribution in [3.05, 3.63) is 36.3 Å². The summed E-state index contributed by atoms with van der Waals surface area (Å²) in [6.45, 7) is 6.73. The van der Waals surface area contributed by atoms with Gasteiger partial charge >= 0.3 is 6.18 Å². The molecule has 0 amide bonds. The quantitative estimate of drug-likeness (QED) is 0.580. The zero-order chi connectivity index (χ0) is 22.1. The molecule has 0 atom stereocenters. The van der Waals surface area contributed by atoms with Crippen molar-refractivity contribution in [2.24, 2.45) is 5.41 Å². The van der Waals surface area contributed by atoms with Gasteiger partial charge in [-0.2, -0.15) is 30.0 Å². The minimum Gasteiger partial charge on any atom is -0.300 e. The minimum absolute atomic E-state index is 0.164. The molecule has 1 spiro atoms. The maximum Gasteiger partial charge on any atom is 0.417 e. The van der Waals surface area contributed by atoms with E-state index >= 15 is 0 Å². The topological polar surface area (TPSA) is 34.0 Å². The van der Waals surface area contributed by atoms with E-state index in [1.807, 2.05) is 13.8 Å². The molecule has 0 N–H and O–H groups in total. The Hall–Kier alpha value is -1.54. The molecule has 5 rings (SSSR count). The third kappa shape index (κ3) is 5.28. The number of nitrogens with zero attached hydrogens (tertiary/aromatic N) is 4. The maximum atomic E-state index is 12.6. The van der Waals surface area contributed by atoms with E-state index in [-0.39, 0.29) is 6.04 Å². The normalized spacial score (nSPS) is 21.4. The summed E-state index contributed by atoms with van der Waals surface area (Å²) in [5.41, 5.74) is 0.874. The summed E-state index contributed by atoms with van der Waals surface area (Å²) >= 11 is 2.15. The maximum absolute atomic E-state index is 12.6. The van der Waals surface area contributed by atoms with Crippen LogP contribution in [0.1, 0.15) is 57.6 Å². The zero-order valence-corrected chi connectivity index (χ0v) is 19.1. The smallest absolute Gasteiger partial charge is 0.300 e. The Labute approximate surface area is 186 Å². The van der Waals surface area contributed by atoms with Crippen molar-refractivity contribution in [1.82, 2.24) is 19.7 Å². The van der Waals surface area contributed by atoms with Crippen LogP contribution in [0.4, 0.5) is 13.2 Å². The first-order chi connectivity index (χ1) is 14.8. The van der Waals surface area contributed by atoms with Crippen LogP contribution in [0.25, 0.3) is 11.3 Å². The van der Waals surface area contributed by atoms with Crippen molar-refractivity contribution in [3.63, 3.8) is 0 Å². The van der Waals surface area contributed by atoms with Gasteiger partial charge in [0.15, 0.2) is 0 Å². The fourth-order valence-electron chi connectivity index (χ4n) is 4.69. The number of hydrogen-bond donors (Lipinski definition) is 0. The molecule has 8 heteroatoms. The molecular weight excluding hydrogens is 421 g/mol. The van der Waals surface area contributed by atoms with Gasteiger partial charge in [-0.25, -0.2) is 0 Å². The van der Waals surface area contributed by atoms with E-state index in [1.165, 1.54) is 62.9 Å². The van der Waals surface area contributed by atoms with Crippen LogP contribution in [0, 0.1) is 5.41 Å². The molecule has 3 aliphatic rings. The lowest BCUT2D eigenvalue weighted by atomic mass is 9.91. The van der Waals surface area contributed by atoms with Gasteiger partial charge in [-0.3, -0.25) is 14.6 Å². The van der Waals surface area contributed by atoms with E-state index in [1.54, 1.807) is 16.9 Å². The largest absolute Gasteiger partial charge is 0.417 e. The first kappa shape index (κ1) is 22.6. The monoisotopic (exact) mass is 452 g/mol. The van der Waals surface area contributed by atoms with Gasteiger partial charge in [-0.15, -0.1) is 0 Å². The van der Waals surface area contributed by atoms with Crippen LogP contribution in [0.5, 0.6) is 0 Å². The fourth-order valence-corrected chi connectivity index (χ4v) is 5.94. The number of rotatable bonds is 3. The van der Waals surface area contributed by atoms with E-state index < -0.39 is 11.7 Å². The molecule has 3 fully saturated rings. The van der Waals surface area contributed by atoms with Gasteiger partial charge < -0.3 is 0 Å². The highest BCUT2D eigenvalue weighted by molar-refractivity contribution is 8.00. The van der Waals surface area contributed by atoms with Crippen LogP contribution >= 0.6 is 11.8 Å². The summed E-state index contributed by atoms with van der Waals surface area (Å²) in [7, 11) is 0. The van der Waals surface area contributed by atoms with Gasteiger partial charge in [-0.1, -0.05) is 12.8 Å². The molecule has 0 bridgehead atoms. The number of thioether (sulfide) groups is 1. The van der Waals surface area contributed by atoms with Crippen LogP contribution in [-0.4, -0.2) is 50.3 Å². The van der Waals surface area contributed by atoms with Gasteiger partial charge in [-0.05, 0) is 51.8 Å². The standard InChI is InChI=1S/C12H12F3N3.C11H19NS/c1-8(2)18-4-3-11(17-18)9-5-10(7-16-6-9)12(13,14)15;1-2-4-10(3-1)12-6-5-11(7-12)8-13-9-11/h3-8H,1-2H3;10H,1-9H2. The number of pyridine rings is 1. The van der Waals surface area contributed by atoms with Crippen LogP contribution in [0.15, 0.2) is 30.7 Å². The van der Waals surface area contributed by atoms with Crippen molar-refractivity contribution in [3.8, 4) is 11.3 Å². The molecule has 1 saturated carbocycles. The summed E-state index contributed by atoms with van der Waals surface area (Å²) < 4.78 is 39.3. The third-order valence-corrected chi connectivity index (χ3v) is 8.26. The molecule has 0 radical (unpaired) electrons. The SMILES string of the molecule is C1CCC(N2CCC3(CSC3)C2)C1.CC(C)n1ccc(-c2cncc(C(F)(F)F)c2)n1.